The average molecular weight is 471 g/mol. The first-order valence-electron chi connectivity index (χ1n) is 10.7. The van der Waals surface area contributed by atoms with Gasteiger partial charge in [0.1, 0.15) is 11.8 Å². The molecule has 170 valence electrons. The molecule has 8 heteroatoms. The molecule has 1 aliphatic heterocycles. The number of carboxylic acid groups (broad SMARTS) is 1. The second-order valence-electron chi connectivity index (χ2n) is 7.85. The third-order valence-electron chi connectivity index (χ3n) is 5.90. The van der Waals surface area contributed by atoms with Gasteiger partial charge in [0.05, 0.1) is 24.4 Å². The summed E-state index contributed by atoms with van der Waals surface area (Å²) in [7, 11) is 1.63. The Hall–Kier alpha value is -4.17. The van der Waals surface area contributed by atoms with Crippen LogP contribution < -0.4 is 15.0 Å². The molecule has 7 nitrogen and oxygen atoms in total. The van der Waals surface area contributed by atoms with Crippen LogP contribution in [0.15, 0.2) is 91.3 Å². The van der Waals surface area contributed by atoms with E-state index < -0.39 is 5.97 Å². The number of anilines is 1. The number of methoxy groups -OCH3 is 1. The molecule has 2 aromatic carbocycles. The SMILES string of the molecule is COc1ccc(N2C(=S)N[C@H](c3ccccn3)[C@H]2c2cccn2-c2cccc(C(=O)O)c2)cc1. The van der Waals surface area contributed by atoms with E-state index in [1.807, 2.05) is 71.4 Å². The number of nitrogens with one attached hydrogen (secondary N) is 1. The number of aromatic nitrogens is 2. The Morgan fingerprint density at radius 1 is 1.03 bits per heavy atom. The molecule has 1 saturated heterocycles. The van der Waals surface area contributed by atoms with Crippen molar-refractivity contribution >= 4 is 29.0 Å². The third kappa shape index (κ3) is 3.88. The Labute approximate surface area is 202 Å². The molecule has 4 aromatic rings. The summed E-state index contributed by atoms with van der Waals surface area (Å²) >= 11 is 5.80. The van der Waals surface area contributed by atoms with Crippen molar-refractivity contribution in [3.8, 4) is 11.4 Å². The first-order valence-corrected chi connectivity index (χ1v) is 11.1. The van der Waals surface area contributed by atoms with Crippen molar-refractivity contribution in [2.75, 3.05) is 12.0 Å². The van der Waals surface area contributed by atoms with Crippen molar-refractivity contribution in [3.05, 3.63) is 108 Å². The molecule has 0 unspecified atom stereocenters. The highest BCUT2D eigenvalue weighted by Crippen LogP contribution is 2.42. The molecule has 0 bridgehead atoms. The van der Waals surface area contributed by atoms with E-state index in [0.717, 1.165) is 28.5 Å². The van der Waals surface area contributed by atoms with E-state index in [1.54, 1.807) is 31.5 Å². The van der Waals surface area contributed by atoms with Gasteiger partial charge in [-0.05, 0) is 78.9 Å². The van der Waals surface area contributed by atoms with Crippen LogP contribution in [0.3, 0.4) is 0 Å². The fourth-order valence-corrected chi connectivity index (χ4v) is 4.68. The second-order valence-corrected chi connectivity index (χ2v) is 8.24. The van der Waals surface area contributed by atoms with E-state index >= 15 is 0 Å². The number of hydrogen-bond acceptors (Lipinski definition) is 4. The van der Waals surface area contributed by atoms with Crippen LogP contribution in [0.25, 0.3) is 5.69 Å². The Morgan fingerprint density at radius 3 is 2.56 bits per heavy atom. The van der Waals surface area contributed by atoms with Crippen molar-refractivity contribution in [2.24, 2.45) is 0 Å². The van der Waals surface area contributed by atoms with Crippen LogP contribution in [0.1, 0.15) is 33.8 Å². The number of carbonyl (C=O) groups is 1. The van der Waals surface area contributed by atoms with Gasteiger partial charge in [0.25, 0.3) is 0 Å². The van der Waals surface area contributed by atoms with E-state index in [0.29, 0.717) is 5.11 Å². The van der Waals surface area contributed by atoms with Gasteiger partial charge in [0.15, 0.2) is 5.11 Å². The molecule has 1 fully saturated rings. The number of benzene rings is 2. The van der Waals surface area contributed by atoms with Crippen molar-refractivity contribution in [1.82, 2.24) is 14.9 Å². The van der Waals surface area contributed by atoms with E-state index in [-0.39, 0.29) is 17.6 Å². The molecule has 5 rings (SSSR count). The molecule has 0 aliphatic carbocycles. The number of pyridine rings is 1. The average Bonchev–Trinajstić information content (AvgIpc) is 3.49. The van der Waals surface area contributed by atoms with Gasteiger partial charge < -0.3 is 24.6 Å². The first kappa shape index (κ1) is 21.7. The highest BCUT2D eigenvalue weighted by molar-refractivity contribution is 7.80. The van der Waals surface area contributed by atoms with Gasteiger partial charge in [-0.1, -0.05) is 12.1 Å². The fourth-order valence-electron chi connectivity index (χ4n) is 4.34. The molecule has 1 aliphatic rings. The lowest BCUT2D eigenvalue weighted by molar-refractivity contribution is 0.0697. The Kier molecular flexibility index (Phi) is 5.73. The molecule has 0 spiro atoms. The van der Waals surface area contributed by atoms with Crippen LogP contribution in [-0.2, 0) is 0 Å². The highest BCUT2D eigenvalue weighted by atomic mass is 32.1. The lowest BCUT2D eigenvalue weighted by Crippen LogP contribution is -2.30. The summed E-state index contributed by atoms with van der Waals surface area (Å²) in [6, 6.07) is 24.0. The number of carboxylic acids is 1. The maximum Gasteiger partial charge on any atom is 0.335 e. The molecule has 2 atom stereocenters. The smallest absolute Gasteiger partial charge is 0.335 e. The van der Waals surface area contributed by atoms with Crippen LogP contribution in [0.5, 0.6) is 5.75 Å². The van der Waals surface area contributed by atoms with Gasteiger partial charge in [-0.3, -0.25) is 4.98 Å². The number of aromatic carboxylic acids is 1. The minimum atomic E-state index is -0.967. The molecule has 0 amide bonds. The maximum atomic E-state index is 11.6. The van der Waals surface area contributed by atoms with Crippen LogP contribution in [0.2, 0.25) is 0 Å². The van der Waals surface area contributed by atoms with Crippen molar-refractivity contribution in [1.29, 1.82) is 0 Å². The lowest BCUT2D eigenvalue weighted by Gasteiger charge is -2.29. The van der Waals surface area contributed by atoms with Gasteiger partial charge in [-0.25, -0.2) is 4.79 Å². The molecular weight excluding hydrogens is 448 g/mol. The predicted molar refractivity (Wildman–Crippen MR) is 134 cm³/mol. The Balaban J connectivity index is 1.65. The number of rotatable bonds is 6. The molecule has 0 saturated carbocycles. The topological polar surface area (TPSA) is 79.6 Å². The quantitative estimate of drug-likeness (QED) is 0.394. The number of thiocarbonyl (C=S) groups is 1. The van der Waals surface area contributed by atoms with Crippen LogP contribution >= 0.6 is 12.2 Å². The number of nitrogens with zero attached hydrogens (tertiary/aromatic N) is 3. The van der Waals surface area contributed by atoms with Crippen LogP contribution in [0, 0.1) is 0 Å². The van der Waals surface area contributed by atoms with Gasteiger partial charge in [0.2, 0.25) is 0 Å². The van der Waals surface area contributed by atoms with Crippen molar-refractivity contribution < 1.29 is 14.6 Å². The van der Waals surface area contributed by atoms with Crippen molar-refractivity contribution in [2.45, 2.75) is 12.1 Å². The lowest BCUT2D eigenvalue weighted by atomic mass is 10.0. The Morgan fingerprint density at radius 2 is 1.85 bits per heavy atom. The number of ether oxygens (including phenoxy) is 1. The summed E-state index contributed by atoms with van der Waals surface area (Å²) in [4.78, 5) is 18.2. The van der Waals surface area contributed by atoms with Crippen LogP contribution in [0.4, 0.5) is 5.69 Å². The summed E-state index contributed by atoms with van der Waals surface area (Å²) in [6.45, 7) is 0. The summed E-state index contributed by atoms with van der Waals surface area (Å²) in [6.07, 6.45) is 3.70. The van der Waals surface area contributed by atoms with Gasteiger partial charge in [-0.15, -0.1) is 0 Å². The van der Waals surface area contributed by atoms with E-state index in [1.165, 1.54) is 0 Å². The zero-order valence-electron chi connectivity index (χ0n) is 18.3. The molecular formula is C26H22N4O3S. The van der Waals surface area contributed by atoms with E-state index in [4.69, 9.17) is 17.0 Å². The molecule has 2 N–H and O–H groups in total. The first-order chi connectivity index (χ1) is 16.6. The van der Waals surface area contributed by atoms with E-state index in [2.05, 4.69) is 15.2 Å². The van der Waals surface area contributed by atoms with Gasteiger partial charge in [-0.2, -0.15) is 0 Å². The molecule has 0 radical (unpaired) electrons. The standard InChI is InChI=1S/C26H22N4O3S/c1-33-20-12-10-18(11-13-20)30-24(23(28-26(30)34)21-8-2-3-14-27-21)22-9-5-15-29(22)19-7-4-6-17(16-19)25(31)32/h2-16,23-24H,1H3,(H,28,34)(H,31,32)/t23-,24-/m1/s1. The highest BCUT2D eigenvalue weighted by Gasteiger charge is 2.42. The van der Waals surface area contributed by atoms with Crippen molar-refractivity contribution in [3.63, 3.8) is 0 Å². The molecule has 3 heterocycles. The van der Waals surface area contributed by atoms with Gasteiger partial charge in [0, 0.05) is 29.5 Å². The van der Waals surface area contributed by atoms with E-state index in [9.17, 15) is 9.90 Å². The zero-order chi connectivity index (χ0) is 23.7. The number of hydrogen-bond donors (Lipinski definition) is 2. The predicted octanol–water partition coefficient (Wildman–Crippen LogP) is 4.76. The second kappa shape index (κ2) is 8.99. The van der Waals surface area contributed by atoms with Gasteiger partial charge >= 0.3 is 5.97 Å². The monoisotopic (exact) mass is 470 g/mol. The zero-order valence-corrected chi connectivity index (χ0v) is 19.1. The fraction of sp³-hybridized carbons (Fsp3) is 0.115. The summed E-state index contributed by atoms with van der Waals surface area (Å²) in [5, 5.41) is 13.5. The Bertz CT molecular complexity index is 1340. The normalized spacial score (nSPS) is 17.4. The van der Waals surface area contributed by atoms with Crippen LogP contribution in [-0.4, -0.2) is 32.8 Å². The minimum Gasteiger partial charge on any atom is -0.497 e. The maximum absolute atomic E-state index is 11.6. The summed E-state index contributed by atoms with van der Waals surface area (Å²) in [5.74, 6) is -0.209. The molecule has 34 heavy (non-hydrogen) atoms. The minimum absolute atomic E-state index is 0.216. The largest absolute Gasteiger partial charge is 0.497 e. The third-order valence-corrected chi connectivity index (χ3v) is 6.22. The molecule has 2 aromatic heterocycles. The summed E-state index contributed by atoms with van der Waals surface area (Å²) < 4.78 is 7.33. The summed E-state index contributed by atoms with van der Waals surface area (Å²) in [5.41, 5.74) is 3.70.